The van der Waals surface area contributed by atoms with Crippen LogP contribution in [0.25, 0.3) is 0 Å². The number of nitrogens with zero attached hydrogens (tertiary/aromatic N) is 2. The van der Waals surface area contributed by atoms with E-state index in [1.54, 1.807) is 0 Å². The molecule has 1 N–H and O–H groups in total. The van der Waals surface area contributed by atoms with Crippen molar-refractivity contribution in [1.82, 2.24) is 15.1 Å². The third-order valence-corrected chi connectivity index (χ3v) is 4.18. The molecule has 2 unspecified atom stereocenters. The number of ether oxygens (including phenoxy) is 1. The first kappa shape index (κ1) is 14.8. The third kappa shape index (κ3) is 4.16. The van der Waals surface area contributed by atoms with Gasteiger partial charge in [0.1, 0.15) is 0 Å². The van der Waals surface area contributed by atoms with E-state index in [0.29, 0.717) is 0 Å². The Morgan fingerprint density at radius 1 is 1.42 bits per heavy atom. The summed E-state index contributed by atoms with van der Waals surface area (Å²) in [5, 5.41) is 3.32. The highest BCUT2D eigenvalue weighted by molar-refractivity contribution is 5.81. The lowest BCUT2D eigenvalue weighted by molar-refractivity contribution is -0.137. The van der Waals surface area contributed by atoms with Crippen molar-refractivity contribution in [1.29, 1.82) is 0 Å². The van der Waals surface area contributed by atoms with Gasteiger partial charge in [0, 0.05) is 32.7 Å². The van der Waals surface area contributed by atoms with Crippen LogP contribution in [0.15, 0.2) is 0 Å². The minimum Gasteiger partial charge on any atom is -0.374 e. The van der Waals surface area contributed by atoms with Gasteiger partial charge in [0.15, 0.2) is 0 Å². The molecule has 5 heteroatoms. The van der Waals surface area contributed by atoms with Gasteiger partial charge in [0.25, 0.3) is 0 Å². The molecule has 0 bridgehead atoms. The molecule has 0 saturated carbocycles. The van der Waals surface area contributed by atoms with Crippen LogP contribution in [0, 0.1) is 0 Å². The maximum atomic E-state index is 12.4. The number of nitrogens with one attached hydrogen (secondary N) is 1. The third-order valence-electron chi connectivity index (χ3n) is 4.18. The molecule has 0 aromatic rings. The number of carbonyl (C=O) groups excluding carboxylic acids is 1. The van der Waals surface area contributed by atoms with Gasteiger partial charge in [0.2, 0.25) is 5.91 Å². The Hall–Kier alpha value is -0.650. The van der Waals surface area contributed by atoms with Gasteiger partial charge in [-0.1, -0.05) is 0 Å². The second-order valence-corrected chi connectivity index (χ2v) is 5.70. The number of carbonyl (C=O) groups is 1. The predicted molar refractivity (Wildman–Crippen MR) is 75.1 cm³/mol. The predicted octanol–water partition coefficient (Wildman–Crippen LogP) is 0.308. The Morgan fingerprint density at radius 2 is 2.16 bits per heavy atom. The average Bonchev–Trinajstić information content (AvgIpc) is 2.47. The second kappa shape index (κ2) is 7.22. The summed E-state index contributed by atoms with van der Waals surface area (Å²) in [6.07, 6.45) is 3.76. The van der Waals surface area contributed by atoms with Crippen LogP contribution in [0.2, 0.25) is 0 Å². The molecule has 5 nitrogen and oxygen atoms in total. The Morgan fingerprint density at radius 3 is 2.79 bits per heavy atom. The fraction of sp³-hybridized carbons (Fsp3) is 0.929. The highest BCUT2D eigenvalue weighted by atomic mass is 16.5. The summed E-state index contributed by atoms with van der Waals surface area (Å²) in [5.41, 5.74) is 0. The van der Waals surface area contributed by atoms with E-state index in [2.05, 4.69) is 10.2 Å². The van der Waals surface area contributed by atoms with Crippen LogP contribution in [0.1, 0.15) is 26.2 Å². The summed E-state index contributed by atoms with van der Waals surface area (Å²) in [5.74, 6) is 0.269. The van der Waals surface area contributed by atoms with Crippen molar-refractivity contribution in [3.05, 3.63) is 0 Å². The average molecular weight is 269 g/mol. The summed E-state index contributed by atoms with van der Waals surface area (Å²) in [6, 6.07) is -0.0522. The normalized spacial score (nSPS) is 26.5. The highest BCUT2D eigenvalue weighted by Gasteiger charge is 2.27. The first-order valence-electron chi connectivity index (χ1n) is 7.50. The molecule has 2 aliphatic rings. The van der Waals surface area contributed by atoms with Gasteiger partial charge in [-0.2, -0.15) is 0 Å². The topological polar surface area (TPSA) is 44.8 Å². The van der Waals surface area contributed by atoms with E-state index in [-0.39, 0.29) is 18.1 Å². The molecule has 2 rings (SSSR count). The summed E-state index contributed by atoms with van der Waals surface area (Å²) < 4.78 is 5.69. The molecule has 19 heavy (non-hydrogen) atoms. The number of amides is 1. The van der Waals surface area contributed by atoms with E-state index in [9.17, 15) is 4.79 Å². The minimum absolute atomic E-state index is 0.0522. The summed E-state index contributed by atoms with van der Waals surface area (Å²) >= 11 is 0. The van der Waals surface area contributed by atoms with Crippen molar-refractivity contribution in [2.45, 2.75) is 38.3 Å². The number of likely N-dealkylation sites (N-methyl/N-ethyl adjacent to an activating group) is 1. The van der Waals surface area contributed by atoms with Crippen LogP contribution >= 0.6 is 0 Å². The molecule has 0 aliphatic carbocycles. The van der Waals surface area contributed by atoms with E-state index in [4.69, 9.17) is 4.74 Å². The largest absolute Gasteiger partial charge is 0.374 e. The van der Waals surface area contributed by atoms with E-state index in [1.165, 1.54) is 6.42 Å². The van der Waals surface area contributed by atoms with Crippen LogP contribution in [0.5, 0.6) is 0 Å². The lowest BCUT2D eigenvalue weighted by Gasteiger charge is -2.35. The Kier molecular flexibility index (Phi) is 5.60. The molecular weight excluding hydrogens is 242 g/mol. The van der Waals surface area contributed by atoms with E-state index in [0.717, 1.165) is 52.2 Å². The highest BCUT2D eigenvalue weighted by Crippen LogP contribution is 2.12. The number of hydrogen-bond acceptors (Lipinski definition) is 4. The van der Waals surface area contributed by atoms with Crippen LogP contribution in [0.4, 0.5) is 0 Å². The zero-order chi connectivity index (χ0) is 13.7. The van der Waals surface area contributed by atoms with Crippen molar-refractivity contribution in [2.75, 3.05) is 46.4 Å². The zero-order valence-electron chi connectivity index (χ0n) is 12.2. The lowest BCUT2D eigenvalue weighted by Crippen LogP contribution is -2.51. The molecule has 0 aromatic carbocycles. The van der Waals surface area contributed by atoms with Gasteiger partial charge in [-0.05, 0) is 33.2 Å². The van der Waals surface area contributed by atoms with Crippen molar-refractivity contribution < 1.29 is 9.53 Å². The molecule has 0 radical (unpaired) electrons. The van der Waals surface area contributed by atoms with Crippen molar-refractivity contribution >= 4 is 5.91 Å². The summed E-state index contributed by atoms with van der Waals surface area (Å²) in [6.45, 7) is 7.27. The van der Waals surface area contributed by atoms with Gasteiger partial charge in [-0.15, -0.1) is 0 Å². The first-order chi connectivity index (χ1) is 9.18. The molecular formula is C14H27N3O2. The molecule has 2 fully saturated rings. The van der Waals surface area contributed by atoms with Crippen molar-refractivity contribution in [3.8, 4) is 0 Å². The smallest absolute Gasteiger partial charge is 0.239 e. The van der Waals surface area contributed by atoms with E-state index < -0.39 is 0 Å². The van der Waals surface area contributed by atoms with Crippen LogP contribution in [-0.2, 0) is 9.53 Å². The number of morpholine rings is 1. The molecule has 2 aliphatic heterocycles. The van der Waals surface area contributed by atoms with Gasteiger partial charge >= 0.3 is 0 Å². The minimum atomic E-state index is -0.0522. The van der Waals surface area contributed by atoms with Crippen LogP contribution in [-0.4, -0.2) is 74.2 Å². The fourth-order valence-corrected chi connectivity index (χ4v) is 2.78. The monoisotopic (exact) mass is 269 g/mol. The summed E-state index contributed by atoms with van der Waals surface area (Å²) in [4.78, 5) is 16.5. The Balaban J connectivity index is 1.79. The molecule has 2 saturated heterocycles. The van der Waals surface area contributed by atoms with Gasteiger partial charge in [-0.3, -0.25) is 9.69 Å². The molecule has 1 amide bonds. The number of piperidine rings is 1. The van der Waals surface area contributed by atoms with E-state index >= 15 is 0 Å². The molecule has 0 aromatic heterocycles. The SMILES string of the molecule is CC(C(=O)N1CCCCC1)N(C)CC1CNCCO1. The zero-order valence-corrected chi connectivity index (χ0v) is 12.2. The van der Waals surface area contributed by atoms with Crippen LogP contribution in [0.3, 0.4) is 0 Å². The van der Waals surface area contributed by atoms with E-state index in [1.807, 2.05) is 18.9 Å². The molecule has 0 spiro atoms. The Labute approximate surface area is 116 Å². The fourth-order valence-electron chi connectivity index (χ4n) is 2.78. The molecule has 110 valence electrons. The lowest BCUT2D eigenvalue weighted by atomic mass is 10.1. The maximum Gasteiger partial charge on any atom is 0.239 e. The Bertz CT molecular complexity index is 286. The number of hydrogen-bond donors (Lipinski definition) is 1. The standard InChI is InChI=1S/C14H27N3O2/c1-12(14(18)17-7-4-3-5-8-17)16(2)11-13-10-15-6-9-19-13/h12-13,15H,3-11H2,1-2H3. The number of likely N-dealkylation sites (tertiary alicyclic amines) is 1. The van der Waals surface area contributed by atoms with Gasteiger partial charge in [0.05, 0.1) is 18.8 Å². The van der Waals surface area contributed by atoms with Crippen molar-refractivity contribution in [2.24, 2.45) is 0 Å². The second-order valence-electron chi connectivity index (χ2n) is 5.70. The first-order valence-corrected chi connectivity index (χ1v) is 7.50. The summed E-state index contributed by atoms with van der Waals surface area (Å²) in [7, 11) is 2.02. The van der Waals surface area contributed by atoms with Crippen LogP contribution < -0.4 is 5.32 Å². The number of rotatable bonds is 4. The quantitative estimate of drug-likeness (QED) is 0.798. The maximum absolute atomic E-state index is 12.4. The molecule has 2 heterocycles. The van der Waals surface area contributed by atoms with Crippen molar-refractivity contribution in [3.63, 3.8) is 0 Å². The molecule has 2 atom stereocenters. The van der Waals surface area contributed by atoms with Gasteiger partial charge < -0.3 is 15.0 Å². The van der Waals surface area contributed by atoms with Gasteiger partial charge in [-0.25, -0.2) is 0 Å².